The molecule has 0 aromatic heterocycles. The maximum Gasteiger partial charge on any atom is 0.178 e. The molecule has 0 spiro atoms. The molecule has 0 saturated heterocycles. The number of aryl methyl sites for hydroxylation is 1. The number of thiocarbonyl (C=S) groups is 1. The summed E-state index contributed by atoms with van der Waals surface area (Å²) in [5.41, 5.74) is 14.3. The Morgan fingerprint density at radius 1 is 1.21 bits per heavy atom. The number of hydrazine groups is 1. The van der Waals surface area contributed by atoms with E-state index in [1.54, 1.807) is 0 Å². The van der Waals surface area contributed by atoms with Gasteiger partial charge in [-0.1, -0.05) is 48.0 Å². The molecular formula is C18H18ClN3OS. The number of rotatable bonds is 4. The third-order valence-electron chi connectivity index (χ3n) is 4.33. The fraction of sp³-hybridized carbons (Fsp3) is 0.222. The van der Waals surface area contributed by atoms with Crippen LogP contribution in [0.5, 0.6) is 0 Å². The van der Waals surface area contributed by atoms with Crippen molar-refractivity contribution in [3.63, 3.8) is 0 Å². The number of carbonyl (C=O) groups excluding carboxylic acids is 1. The second-order valence-electron chi connectivity index (χ2n) is 5.83. The Labute approximate surface area is 151 Å². The zero-order valence-electron chi connectivity index (χ0n) is 13.0. The molecule has 0 aliphatic heterocycles. The van der Waals surface area contributed by atoms with E-state index in [2.05, 4.69) is 10.9 Å². The number of nitrogens with one attached hydrogen (secondary N) is 2. The maximum atomic E-state index is 13.0. The molecule has 0 saturated carbocycles. The SMILES string of the molecule is NC(=S)NNC(c1ccc(Cl)cc1)C1CCc2ccccc2C1=O. The highest BCUT2D eigenvalue weighted by atomic mass is 35.5. The van der Waals surface area contributed by atoms with Crippen molar-refractivity contribution >= 4 is 34.7 Å². The lowest BCUT2D eigenvalue weighted by atomic mass is 9.77. The van der Waals surface area contributed by atoms with E-state index < -0.39 is 0 Å². The maximum absolute atomic E-state index is 13.0. The molecule has 0 radical (unpaired) electrons. The van der Waals surface area contributed by atoms with Crippen LogP contribution in [0.2, 0.25) is 5.02 Å². The molecule has 0 amide bonds. The average molecular weight is 360 g/mol. The lowest BCUT2D eigenvalue weighted by molar-refractivity contribution is 0.0863. The molecule has 2 unspecified atom stereocenters. The van der Waals surface area contributed by atoms with Crippen LogP contribution >= 0.6 is 23.8 Å². The number of hydrogen-bond acceptors (Lipinski definition) is 3. The number of benzene rings is 2. The van der Waals surface area contributed by atoms with Crippen LogP contribution in [0.1, 0.15) is 33.9 Å². The Bertz CT molecular complexity index is 763. The largest absolute Gasteiger partial charge is 0.375 e. The quantitative estimate of drug-likeness (QED) is 0.578. The van der Waals surface area contributed by atoms with Gasteiger partial charge in [0.15, 0.2) is 10.9 Å². The molecule has 1 aliphatic rings. The lowest BCUT2D eigenvalue weighted by Crippen LogP contribution is -2.47. The van der Waals surface area contributed by atoms with Gasteiger partial charge in [0.25, 0.3) is 0 Å². The molecule has 0 bridgehead atoms. The first-order chi connectivity index (χ1) is 11.6. The summed E-state index contributed by atoms with van der Waals surface area (Å²) in [6.45, 7) is 0. The summed E-state index contributed by atoms with van der Waals surface area (Å²) in [5.74, 6) is -0.0723. The highest BCUT2D eigenvalue weighted by Crippen LogP contribution is 2.34. The third-order valence-corrected chi connectivity index (χ3v) is 4.68. The summed E-state index contributed by atoms with van der Waals surface area (Å²) >= 11 is 10.9. The first-order valence-corrected chi connectivity index (χ1v) is 8.53. The summed E-state index contributed by atoms with van der Waals surface area (Å²) < 4.78 is 0. The Morgan fingerprint density at radius 3 is 2.62 bits per heavy atom. The van der Waals surface area contributed by atoms with Gasteiger partial charge < -0.3 is 5.73 Å². The standard InChI is InChI=1S/C18H18ClN3OS/c19-13-8-5-12(6-9-13)16(21-22-18(20)24)15-10-7-11-3-1-2-4-14(11)17(15)23/h1-6,8-9,15-16,21H,7,10H2,(H3,20,22,24). The van der Waals surface area contributed by atoms with Gasteiger partial charge in [-0.15, -0.1) is 0 Å². The van der Waals surface area contributed by atoms with Crippen LogP contribution in [-0.2, 0) is 6.42 Å². The fourth-order valence-electron chi connectivity index (χ4n) is 3.17. The minimum atomic E-state index is -0.246. The minimum absolute atomic E-state index is 0.133. The molecule has 2 atom stereocenters. The summed E-state index contributed by atoms with van der Waals surface area (Å²) in [5, 5.41) is 0.790. The second kappa shape index (κ2) is 7.30. The van der Waals surface area contributed by atoms with Gasteiger partial charge in [-0.3, -0.25) is 10.2 Å². The van der Waals surface area contributed by atoms with Gasteiger partial charge in [0.05, 0.1) is 6.04 Å². The molecule has 4 nitrogen and oxygen atoms in total. The van der Waals surface area contributed by atoms with Crippen LogP contribution in [0.4, 0.5) is 0 Å². The van der Waals surface area contributed by atoms with E-state index in [0.717, 1.165) is 29.5 Å². The van der Waals surface area contributed by atoms with Gasteiger partial charge in [0.1, 0.15) is 0 Å². The number of fused-ring (bicyclic) bond motifs is 1. The molecule has 1 aliphatic carbocycles. The number of ketones is 1. The highest BCUT2D eigenvalue weighted by molar-refractivity contribution is 7.80. The van der Waals surface area contributed by atoms with Gasteiger partial charge in [0, 0.05) is 16.5 Å². The van der Waals surface area contributed by atoms with Crippen LogP contribution < -0.4 is 16.6 Å². The van der Waals surface area contributed by atoms with Crippen molar-refractivity contribution in [2.75, 3.05) is 0 Å². The van der Waals surface area contributed by atoms with Gasteiger partial charge in [-0.2, -0.15) is 0 Å². The number of halogens is 1. The Morgan fingerprint density at radius 2 is 1.92 bits per heavy atom. The summed E-state index contributed by atoms with van der Waals surface area (Å²) in [4.78, 5) is 13.0. The van der Waals surface area contributed by atoms with E-state index in [1.165, 1.54) is 0 Å². The zero-order valence-corrected chi connectivity index (χ0v) is 14.5. The fourth-order valence-corrected chi connectivity index (χ4v) is 3.36. The monoisotopic (exact) mass is 359 g/mol. The minimum Gasteiger partial charge on any atom is -0.375 e. The Balaban J connectivity index is 1.92. The predicted octanol–water partition coefficient (Wildman–Crippen LogP) is 3.16. The molecule has 0 heterocycles. The van der Waals surface area contributed by atoms with Crippen molar-refractivity contribution in [3.8, 4) is 0 Å². The number of hydrogen-bond donors (Lipinski definition) is 3. The van der Waals surface area contributed by atoms with Gasteiger partial charge >= 0.3 is 0 Å². The molecule has 4 N–H and O–H groups in total. The van der Waals surface area contributed by atoms with Crippen molar-refractivity contribution < 1.29 is 4.79 Å². The third kappa shape index (κ3) is 3.59. The molecule has 24 heavy (non-hydrogen) atoms. The van der Waals surface area contributed by atoms with E-state index in [4.69, 9.17) is 29.6 Å². The van der Waals surface area contributed by atoms with E-state index in [0.29, 0.717) is 5.02 Å². The summed E-state index contributed by atoms with van der Waals surface area (Å²) in [6.07, 6.45) is 1.63. The highest BCUT2D eigenvalue weighted by Gasteiger charge is 2.34. The van der Waals surface area contributed by atoms with Crippen LogP contribution in [-0.4, -0.2) is 10.9 Å². The molecule has 2 aromatic carbocycles. The topological polar surface area (TPSA) is 67.2 Å². The van der Waals surface area contributed by atoms with E-state index in [-0.39, 0.29) is 22.9 Å². The summed E-state index contributed by atoms with van der Waals surface area (Å²) in [7, 11) is 0. The molecule has 2 aromatic rings. The lowest BCUT2D eigenvalue weighted by Gasteiger charge is -2.31. The Kier molecular flexibility index (Phi) is 5.14. The smallest absolute Gasteiger partial charge is 0.178 e. The molecular weight excluding hydrogens is 342 g/mol. The van der Waals surface area contributed by atoms with E-state index in [1.807, 2.05) is 48.5 Å². The van der Waals surface area contributed by atoms with E-state index >= 15 is 0 Å². The molecule has 6 heteroatoms. The van der Waals surface area contributed by atoms with Gasteiger partial charge in [-0.25, -0.2) is 5.43 Å². The van der Waals surface area contributed by atoms with Crippen LogP contribution in [0.3, 0.4) is 0 Å². The van der Waals surface area contributed by atoms with Crippen LogP contribution in [0, 0.1) is 5.92 Å². The number of Topliss-reactive ketones (excluding diaryl/α,β-unsaturated/α-hetero) is 1. The predicted molar refractivity (Wildman–Crippen MR) is 99.8 cm³/mol. The first kappa shape index (κ1) is 16.9. The molecule has 3 rings (SSSR count). The van der Waals surface area contributed by atoms with Crippen LogP contribution in [0.25, 0.3) is 0 Å². The second-order valence-corrected chi connectivity index (χ2v) is 6.71. The van der Waals surface area contributed by atoms with Crippen molar-refractivity contribution in [1.29, 1.82) is 0 Å². The number of carbonyl (C=O) groups is 1. The molecule has 124 valence electrons. The van der Waals surface area contributed by atoms with E-state index in [9.17, 15) is 4.79 Å². The summed E-state index contributed by atoms with van der Waals surface area (Å²) in [6, 6.07) is 15.0. The zero-order chi connectivity index (χ0) is 17.1. The van der Waals surface area contributed by atoms with Crippen molar-refractivity contribution in [2.45, 2.75) is 18.9 Å². The Hall–Kier alpha value is -1.95. The first-order valence-electron chi connectivity index (χ1n) is 7.75. The van der Waals surface area contributed by atoms with Crippen molar-refractivity contribution in [2.24, 2.45) is 11.7 Å². The van der Waals surface area contributed by atoms with Crippen molar-refractivity contribution in [1.82, 2.24) is 10.9 Å². The van der Waals surface area contributed by atoms with Crippen molar-refractivity contribution in [3.05, 3.63) is 70.2 Å². The normalized spacial score (nSPS) is 17.9. The van der Waals surface area contributed by atoms with Crippen LogP contribution in [0.15, 0.2) is 48.5 Å². The van der Waals surface area contributed by atoms with Gasteiger partial charge in [-0.05, 0) is 48.3 Å². The number of nitrogens with two attached hydrogens (primary N) is 1. The van der Waals surface area contributed by atoms with Gasteiger partial charge in [0.2, 0.25) is 0 Å². The average Bonchev–Trinajstić information content (AvgIpc) is 2.58. The molecule has 0 fully saturated rings.